The summed E-state index contributed by atoms with van der Waals surface area (Å²) < 4.78 is 12.4. The number of nitrogens with one attached hydrogen (secondary N) is 1. The van der Waals surface area contributed by atoms with Gasteiger partial charge in [0, 0.05) is 24.0 Å². The Morgan fingerprint density at radius 2 is 1.76 bits per heavy atom. The van der Waals surface area contributed by atoms with Crippen molar-refractivity contribution in [3.05, 3.63) is 78.1 Å². The smallest absolute Gasteiger partial charge is 0.257 e. The van der Waals surface area contributed by atoms with Crippen LogP contribution in [0.25, 0.3) is 16.9 Å². The van der Waals surface area contributed by atoms with E-state index in [0.29, 0.717) is 22.7 Å². The second-order valence-electron chi connectivity index (χ2n) is 6.70. The Morgan fingerprint density at radius 3 is 2.48 bits per heavy atom. The Hall–Kier alpha value is -3.80. The molecule has 0 atom stereocenters. The molecule has 2 aromatic carbocycles. The van der Waals surface area contributed by atoms with Gasteiger partial charge in [0.1, 0.15) is 17.1 Å². The number of carbonyl (C=O) groups excluding carboxylic acids is 1. The average Bonchev–Trinajstić information content (AvgIpc) is 3.17. The normalized spacial score (nSPS) is 10.7. The second-order valence-corrected chi connectivity index (χ2v) is 6.70. The molecule has 0 saturated carbocycles. The van der Waals surface area contributed by atoms with E-state index in [2.05, 4.69) is 29.4 Å². The zero-order chi connectivity index (χ0) is 20.4. The summed E-state index contributed by atoms with van der Waals surface area (Å²) in [5.74, 6) is 0.951. The molecule has 0 aliphatic carbocycles. The maximum Gasteiger partial charge on any atom is 0.257 e. The molecule has 0 aliphatic rings. The molecule has 0 aliphatic heterocycles. The maximum atomic E-state index is 12.8. The van der Waals surface area contributed by atoms with E-state index in [1.165, 1.54) is 5.56 Å². The van der Waals surface area contributed by atoms with Crippen LogP contribution in [0.4, 0.5) is 5.69 Å². The number of amides is 1. The molecular formula is C23H21N3O3. The molecule has 0 radical (unpaired) electrons. The predicted molar refractivity (Wildman–Crippen MR) is 113 cm³/mol. The first-order valence-electron chi connectivity index (χ1n) is 9.16. The summed E-state index contributed by atoms with van der Waals surface area (Å²) in [6, 6.07) is 17.0. The van der Waals surface area contributed by atoms with Gasteiger partial charge in [0.2, 0.25) is 0 Å². The molecule has 0 spiro atoms. The van der Waals surface area contributed by atoms with Gasteiger partial charge in [0.15, 0.2) is 0 Å². The monoisotopic (exact) mass is 387 g/mol. The maximum absolute atomic E-state index is 12.8. The minimum absolute atomic E-state index is 0.235. The number of pyridine rings is 1. The third-order valence-corrected chi connectivity index (χ3v) is 4.72. The number of carbonyl (C=O) groups is 1. The molecule has 0 saturated heterocycles. The molecular weight excluding hydrogens is 366 g/mol. The standard InChI is InChI=1S/C23H21N3O3/c1-15-4-6-16(7-5-15)20-14-26-13-17(8-11-22(26)24-20)23(27)25-19-10-9-18(28-2)12-21(19)29-3/h4-14H,1-3H3,(H,25,27). The number of fused-ring (bicyclic) bond motifs is 1. The zero-order valence-electron chi connectivity index (χ0n) is 16.5. The van der Waals surface area contributed by atoms with E-state index in [1.807, 2.05) is 28.8 Å². The van der Waals surface area contributed by atoms with Crippen molar-refractivity contribution in [1.29, 1.82) is 0 Å². The SMILES string of the molecule is COc1ccc(NC(=O)c2ccc3nc(-c4ccc(C)cc4)cn3c2)c(OC)c1. The number of aryl methyl sites for hydroxylation is 1. The first-order valence-corrected chi connectivity index (χ1v) is 9.16. The molecule has 29 heavy (non-hydrogen) atoms. The number of imidazole rings is 1. The highest BCUT2D eigenvalue weighted by Crippen LogP contribution is 2.29. The van der Waals surface area contributed by atoms with Crippen LogP contribution in [-0.2, 0) is 0 Å². The molecule has 2 heterocycles. The van der Waals surface area contributed by atoms with Gasteiger partial charge < -0.3 is 19.2 Å². The Morgan fingerprint density at radius 1 is 0.966 bits per heavy atom. The number of nitrogens with zero attached hydrogens (tertiary/aromatic N) is 2. The lowest BCUT2D eigenvalue weighted by molar-refractivity contribution is 0.102. The van der Waals surface area contributed by atoms with E-state index in [0.717, 1.165) is 16.9 Å². The fourth-order valence-electron chi connectivity index (χ4n) is 3.09. The van der Waals surface area contributed by atoms with E-state index in [-0.39, 0.29) is 5.91 Å². The summed E-state index contributed by atoms with van der Waals surface area (Å²) >= 11 is 0. The fourth-order valence-corrected chi connectivity index (χ4v) is 3.09. The van der Waals surface area contributed by atoms with Crippen LogP contribution in [-0.4, -0.2) is 29.5 Å². The summed E-state index contributed by atoms with van der Waals surface area (Å²) in [6.07, 6.45) is 3.69. The van der Waals surface area contributed by atoms with Crippen molar-refractivity contribution >= 4 is 17.2 Å². The number of aromatic nitrogens is 2. The van der Waals surface area contributed by atoms with Crippen LogP contribution >= 0.6 is 0 Å². The summed E-state index contributed by atoms with van der Waals surface area (Å²) in [5, 5.41) is 2.89. The Labute approximate surface area is 168 Å². The van der Waals surface area contributed by atoms with Crippen LogP contribution < -0.4 is 14.8 Å². The lowest BCUT2D eigenvalue weighted by Crippen LogP contribution is -2.13. The van der Waals surface area contributed by atoms with Crippen molar-refractivity contribution in [2.45, 2.75) is 6.92 Å². The number of rotatable bonds is 5. The molecule has 4 aromatic rings. The highest BCUT2D eigenvalue weighted by atomic mass is 16.5. The third-order valence-electron chi connectivity index (χ3n) is 4.72. The van der Waals surface area contributed by atoms with Crippen molar-refractivity contribution in [2.75, 3.05) is 19.5 Å². The molecule has 0 fully saturated rings. The van der Waals surface area contributed by atoms with E-state index in [1.54, 1.807) is 44.7 Å². The summed E-state index contributed by atoms with van der Waals surface area (Å²) in [6.45, 7) is 2.05. The molecule has 0 bridgehead atoms. The third kappa shape index (κ3) is 3.78. The molecule has 0 unspecified atom stereocenters. The van der Waals surface area contributed by atoms with Crippen molar-refractivity contribution in [1.82, 2.24) is 9.38 Å². The van der Waals surface area contributed by atoms with Crippen LogP contribution in [0.3, 0.4) is 0 Å². The van der Waals surface area contributed by atoms with Crippen LogP contribution in [0.15, 0.2) is 67.0 Å². The molecule has 1 N–H and O–H groups in total. The summed E-state index contributed by atoms with van der Waals surface area (Å²) in [7, 11) is 3.13. The Balaban J connectivity index is 1.61. The fraction of sp³-hybridized carbons (Fsp3) is 0.130. The van der Waals surface area contributed by atoms with E-state index < -0.39 is 0 Å². The zero-order valence-corrected chi connectivity index (χ0v) is 16.5. The average molecular weight is 387 g/mol. The molecule has 6 nitrogen and oxygen atoms in total. The molecule has 1 amide bonds. The Kier molecular flexibility index (Phi) is 4.91. The van der Waals surface area contributed by atoms with Gasteiger partial charge in [0.05, 0.1) is 31.2 Å². The van der Waals surface area contributed by atoms with Crippen molar-refractivity contribution < 1.29 is 14.3 Å². The number of anilines is 1. The number of benzene rings is 2. The molecule has 2 aromatic heterocycles. The van der Waals surface area contributed by atoms with Crippen molar-refractivity contribution in [3.63, 3.8) is 0 Å². The van der Waals surface area contributed by atoms with Gasteiger partial charge in [-0.3, -0.25) is 4.79 Å². The van der Waals surface area contributed by atoms with Gasteiger partial charge in [0.25, 0.3) is 5.91 Å². The number of ether oxygens (including phenoxy) is 2. The van der Waals surface area contributed by atoms with Crippen LogP contribution in [0.5, 0.6) is 11.5 Å². The number of hydrogen-bond acceptors (Lipinski definition) is 4. The van der Waals surface area contributed by atoms with Gasteiger partial charge >= 0.3 is 0 Å². The van der Waals surface area contributed by atoms with E-state index in [9.17, 15) is 4.79 Å². The minimum atomic E-state index is -0.235. The number of hydrogen-bond donors (Lipinski definition) is 1. The van der Waals surface area contributed by atoms with Crippen LogP contribution in [0, 0.1) is 6.92 Å². The highest BCUT2D eigenvalue weighted by Gasteiger charge is 2.13. The minimum Gasteiger partial charge on any atom is -0.497 e. The predicted octanol–water partition coefficient (Wildman–Crippen LogP) is 4.58. The van der Waals surface area contributed by atoms with Gasteiger partial charge in [-0.1, -0.05) is 29.8 Å². The lowest BCUT2D eigenvalue weighted by atomic mass is 10.1. The number of methoxy groups -OCH3 is 2. The summed E-state index contributed by atoms with van der Waals surface area (Å²) in [4.78, 5) is 17.4. The van der Waals surface area contributed by atoms with Gasteiger partial charge in [-0.05, 0) is 31.2 Å². The first kappa shape index (κ1) is 18.6. The molecule has 146 valence electrons. The van der Waals surface area contributed by atoms with Gasteiger partial charge in [-0.25, -0.2) is 4.98 Å². The van der Waals surface area contributed by atoms with Gasteiger partial charge in [-0.2, -0.15) is 0 Å². The largest absolute Gasteiger partial charge is 0.497 e. The second kappa shape index (κ2) is 7.67. The lowest BCUT2D eigenvalue weighted by Gasteiger charge is -2.11. The van der Waals surface area contributed by atoms with Crippen molar-refractivity contribution in [2.24, 2.45) is 0 Å². The van der Waals surface area contributed by atoms with Crippen LogP contribution in [0.1, 0.15) is 15.9 Å². The highest BCUT2D eigenvalue weighted by molar-refractivity contribution is 6.05. The van der Waals surface area contributed by atoms with Crippen molar-refractivity contribution in [3.8, 4) is 22.8 Å². The molecule has 6 heteroatoms. The van der Waals surface area contributed by atoms with E-state index >= 15 is 0 Å². The topological polar surface area (TPSA) is 64.9 Å². The van der Waals surface area contributed by atoms with E-state index in [4.69, 9.17) is 9.47 Å². The first-order chi connectivity index (χ1) is 14.1. The Bertz CT molecular complexity index is 1180. The van der Waals surface area contributed by atoms with Gasteiger partial charge in [-0.15, -0.1) is 0 Å². The summed E-state index contributed by atoms with van der Waals surface area (Å²) in [5.41, 5.74) is 4.96. The van der Waals surface area contributed by atoms with Crippen LogP contribution in [0.2, 0.25) is 0 Å². The molecule has 4 rings (SSSR count). The quantitative estimate of drug-likeness (QED) is 0.544.